The van der Waals surface area contributed by atoms with Crippen LogP contribution in [-0.2, 0) is 6.54 Å². The van der Waals surface area contributed by atoms with Gasteiger partial charge < -0.3 is 9.80 Å². The van der Waals surface area contributed by atoms with E-state index in [1.807, 2.05) is 0 Å². The molecular weight excluding hydrogens is 318 g/mol. The van der Waals surface area contributed by atoms with Crippen molar-refractivity contribution < 1.29 is 4.57 Å². The van der Waals surface area contributed by atoms with Crippen LogP contribution >= 0.6 is 0 Å². The van der Waals surface area contributed by atoms with Gasteiger partial charge in [-0.15, -0.1) is 0 Å². The van der Waals surface area contributed by atoms with E-state index in [9.17, 15) is 0 Å². The molecule has 0 radical (unpaired) electrons. The number of benzene rings is 2. The molecule has 1 heterocycles. The van der Waals surface area contributed by atoms with Crippen LogP contribution in [0.25, 0.3) is 23.1 Å². The molecule has 0 amide bonds. The zero-order valence-electron chi connectivity index (χ0n) is 16.2. The summed E-state index contributed by atoms with van der Waals surface area (Å²) in [6.45, 7) is 2.02. The number of hydrogen-bond acceptors (Lipinski definition) is 2. The molecule has 0 aliphatic carbocycles. The third-order valence-corrected chi connectivity index (χ3v) is 4.61. The van der Waals surface area contributed by atoms with Crippen molar-refractivity contribution >= 4 is 28.7 Å². The second-order valence-corrected chi connectivity index (χ2v) is 7.10. The Balaban J connectivity index is 1.89. The van der Waals surface area contributed by atoms with Crippen LogP contribution in [0.15, 0.2) is 60.8 Å². The first kappa shape index (κ1) is 18.2. The molecule has 0 bridgehead atoms. The molecular formula is C23H28N3+. The Morgan fingerprint density at radius 3 is 2.27 bits per heavy atom. The molecule has 0 saturated heterocycles. The predicted molar refractivity (Wildman–Crippen MR) is 112 cm³/mol. The lowest BCUT2D eigenvalue weighted by atomic mass is 10.1. The maximum Gasteiger partial charge on any atom is 0.213 e. The Morgan fingerprint density at radius 1 is 0.846 bits per heavy atom. The summed E-state index contributed by atoms with van der Waals surface area (Å²) >= 11 is 0. The van der Waals surface area contributed by atoms with Crippen molar-refractivity contribution in [2.24, 2.45) is 0 Å². The minimum Gasteiger partial charge on any atom is -0.378 e. The van der Waals surface area contributed by atoms with Gasteiger partial charge in [0.05, 0.1) is 11.9 Å². The van der Waals surface area contributed by atoms with Gasteiger partial charge in [-0.2, -0.15) is 4.57 Å². The average molecular weight is 346 g/mol. The number of pyridine rings is 1. The van der Waals surface area contributed by atoms with Gasteiger partial charge >= 0.3 is 0 Å². The Labute approximate surface area is 156 Å². The molecule has 1 aromatic heterocycles. The lowest BCUT2D eigenvalue weighted by Gasteiger charge is -2.11. The maximum atomic E-state index is 2.33. The Kier molecular flexibility index (Phi) is 5.69. The molecule has 0 N–H and O–H groups in total. The van der Waals surface area contributed by atoms with Gasteiger partial charge in [-0.25, -0.2) is 0 Å². The van der Waals surface area contributed by atoms with E-state index >= 15 is 0 Å². The summed E-state index contributed by atoms with van der Waals surface area (Å²) in [6.07, 6.45) is 6.59. The Hall–Kier alpha value is -2.65. The van der Waals surface area contributed by atoms with Crippen molar-refractivity contribution in [2.45, 2.75) is 6.54 Å². The zero-order valence-corrected chi connectivity index (χ0v) is 16.2. The van der Waals surface area contributed by atoms with Crippen molar-refractivity contribution in [3.63, 3.8) is 0 Å². The van der Waals surface area contributed by atoms with Gasteiger partial charge in [0.15, 0.2) is 12.7 Å². The lowest BCUT2D eigenvalue weighted by molar-refractivity contribution is -0.670. The highest BCUT2D eigenvalue weighted by Crippen LogP contribution is 2.19. The monoisotopic (exact) mass is 346 g/mol. The van der Waals surface area contributed by atoms with E-state index in [-0.39, 0.29) is 0 Å². The first-order valence-corrected chi connectivity index (χ1v) is 9.06. The van der Waals surface area contributed by atoms with E-state index in [1.165, 1.54) is 27.7 Å². The number of nitrogens with zero attached hydrogens (tertiary/aromatic N) is 3. The predicted octanol–water partition coefficient (Wildman–Crippen LogP) is 3.93. The van der Waals surface area contributed by atoms with Crippen LogP contribution in [0.1, 0.15) is 11.1 Å². The minimum absolute atomic E-state index is 0.990. The number of fused-ring (bicyclic) bond motifs is 1. The molecule has 0 spiro atoms. The third-order valence-electron chi connectivity index (χ3n) is 4.61. The highest BCUT2D eigenvalue weighted by molar-refractivity contribution is 5.88. The molecule has 134 valence electrons. The smallest absolute Gasteiger partial charge is 0.213 e. The molecule has 3 aromatic rings. The largest absolute Gasteiger partial charge is 0.378 e. The standard InChI is InChI=1S/C23H28N3/c1-24(2)17-18-26-16-15-20(22-7-5-6-8-23(22)26)12-9-19-10-13-21(14-11-19)25(3)4/h5-16H,17-18H2,1-4H3/q+1. The van der Waals surface area contributed by atoms with Crippen LogP contribution in [-0.4, -0.2) is 39.6 Å². The summed E-state index contributed by atoms with van der Waals surface area (Å²) in [6, 6.07) is 19.5. The first-order valence-electron chi connectivity index (χ1n) is 9.06. The third kappa shape index (κ3) is 4.30. The maximum absolute atomic E-state index is 2.33. The topological polar surface area (TPSA) is 10.4 Å². The SMILES string of the molecule is CN(C)CC[n+]1ccc(C=Cc2ccc(N(C)C)cc2)c2ccccc21. The second-order valence-electron chi connectivity index (χ2n) is 7.10. The molecule has 0 aliphatic rings. The summed E-state index contributed by atoms with van der Waals surface area (Å²) in [5.41, 5.74) is 4.95. The van der Waals surface area contributed by atoms with Crippen molar-refractivity contribution in [1.82, 2.24) is 4.90 Å². The summed E-state index contributed by atoms with van der Waals surface area (Å²) in [5, 5.41) is 1.29. The molecule has 3 rings (SSSR count). The molecule has 0 fully saturated rings. The number of rotatable bonds is 6. The highest BCUT2D eigenvalue weighted by Gasteiger charge is 2.11. The van der Waals surface area contributed by atoms with Crippen LogP contribution in [0.4, 0.5) is 5.69 Å². The lowest BCUT2D eigenvalue weighted by Crippen LogP contribution is -2.39. The number of hydrogen-bond donors (Lipinski definition) is 0. The molecule has 0 unspecified atom stereocenters. The number of anilines is 1. The van der Waals surface area contributed by atoms with E-state index in [0.717, 1.165) is 13.1 Å². The van der Waals surface area contributed by atoms with Gasteiger partial charge in [0, 0.05) is 31.9 Å². The van der Waals surface area contributed by atoms with Crippen LogP contribution in [0.2, 0.25) is 0 Å². The van der Waals surface area contributed by atoms with Gasteiger partial charge in [0.1, 0.15) is 0 Å². The second kappa shape index (κ2) is 8.15. The van der Waals surface area contributed by atoms with Crippen molar-refractivity contribution in [1.29, 1.82) is 0 Å². The van der Waals surface area contributed by atoms with E-state index in [0.29, 0.717) is 0 Å². The Morgan fingerprint density at radius 2 is 1.58 bits per heavy atom. The van der Waals surface area contributed by atoms with Gasteiger partial charge in [0.25, 0.3) is 0 Å². The molecule has 0 saturated carbocycles. The number of likely N-dealkylation sites (N-methyl/N-ethyl adjacent to an activating group) is 1. The fourth-order valence-electron chi connectivity index (χ4n) is 3.03. The van der Waals surface area contributed by atoms with Crippen LogP contribution in [0.5, 0.6) is 0 Å². The van der Waals surface area contributed by atoms with Gasteiger partial charge in [-0.3, -0.25) is 0 Å². The molecule has 3 nitrogen and oxygen atoms in total. The zero-order chi connectivity index (χ0) is 18.5. The van der Waals surface area contributed by atoms with Crippen molar-refractivity contribution in [3.8, 4) is 0 Å². The van der Waals surface area contributed by atoms with E-state index < -0.39 is 0 Å². The minimum atomic E-state index is 0.990. The first-order chi connectivity index (χ1) is 12.5. The molecule has 0 aliphatic heterocycles. The Bertz CT molecular complexity index is 893. The number of para-hydroxylation sites is 1. The molecule has 26 heavy (non-hydrogen) atoms. The van der Waals surface area contributed by atoms with Gasteiger partial charge in [-0.05, 0) is 43.4 Å². The van der Waals surface area contributed by atoms with Crippen molar-refractivity contribution in [2.75, 3.05) is 39.6 Å². The van der Waals surface area contributed by atoms with E-state index in [1.54, 1.807) is 0 Å². The van der Waals surface area contributed by atoms with Gasteiger partial charge in [0.2, 0.25) is 5.52 Å². The van der Waals surface area contributed by atoms with Gasteiger partial charge in [-0.1, -0.05) is 36.4 Å². The average Bonchev–Trinajstić information content (AvgIpc) is 2.65. The van der Waals surface area contributed by atoms with Crippen LogP contribution in [0.3, 0.4) is 0 Å². The van der Waals surface area contributed by atoms with E-state index in [2.05, 4.69) is 116 Å². The fraction of sp³-hybridized carbons (Fsp3) is 0.261. The fourth-order valence-corrected chi connectivity index (χ4v) is 3.03. The quantitative estimate of drug-likeness (QED) is 0.626. The summed E-state index contributed by atoms with van der Waals surface area (Å²) in [4.78, 5) is 4.33. The summed E-state index contributed by atoms with van der Waals surface area (Å²) < 4.78 is 2.33. The number of aromatic nitrogens is 1. The molecule has 3 heteroatoms. The molecule has 0 atom stereocenters. The van der Waals surface area contributed by atoms with E-state index in [4.69, 9.17) is 0 Å². The van der Waals surface area contributed by atoms with Crippen molar-refractivity contribution in [3.05, 3.63) is 71.9 Å². The summed E-state index contributed by atoms with van der Waals surface area (Å²) in [7, 11) is 8.35. The molecule has 2 aromatic carbocycles. The van der Waals surface area contributed by atoms with Crippen LogP contribution in [0, 0.1) is 0 Å². The normalized spacial score (nSPS) is 11.6. The van der Waals surface area contributed by atoms with Crippen LogP contribution < -0.4 is 9.47 Å². The summed E-state index contributed by atoms with van der Waals surface area (Å²) in [5.74, 6) is 0. The highest BCUT2D eigenvalue weighted by atomic mass is 15.1.